The van der Waals surface area contributed by atoms with Gasteiger partial charge in [0.25, 0.3) is 0 Å². The topological polar surface area (TPSA) is 38.0 Å². The molecule has 0 atom stereocenters. The minimum atomic E-state index is 0.558. The summed E-state index contributed by atoms with van der Waals surface area (Å²) in [6.07, 6.45) is 0. The van der Waals surface area contributed by atoms with Crippen LogP contribution in [0.5, 0.6) is 0 Å². The van der Waals surface area contributed by atoms with E-state index in [1.807, 2.05) is 36.4 Å². The number of nitrogen functional groups attached to an aromatic ring is 1. The van der Waals surface area contributed by atoms with Gasteiger partial charge in [-0.3, -0.25) is 0 Å². The Hall–Kier alpha value is -1.19. The molecular formula is C12H10BrClN2. The van der Waals surface area contributed by atoms with Gasteiger partial charge in [0.05, 0.1) is 16.4 Å². The third-order valence-electron chi connectivity index (χ3n) is 2.18. The minimum Gasteiger partial charge on any atom is -0.396 e. The van der Waals surface area contributed by atoms with Crippen LogP contribution in [-0.4, -0.2) is 0 Å². The summed E-state index contributed by atoms with van der Waals surface area (Å²) in [5.41, 5.74) is 8.20. The summed E-state index contributed by atoms with van der Waals surface area (Å²) < 4.78 is 1.04. The summed E-state index contributed by atoms with van der Waals surface area (Å²) in [5.74, 6) is 0. The highest BCUT2D eigenvalue weighted by Crippen LogP contribution is 2.29. The molecule has 2 aromatic rings. The smallest absolute Gasteiger partial charge is 0.0742 e. The summed E-state index contributed by atoms with van der Waals surface area (Å²) in [7, 11) is 0. The first-order valence-electron chi connectivity index (χ1n) is 4.73. The van der Waals surface area contributed by atoms with Crippen LogP contribution in [0.3, 0.4) is 0 Å². The van der Waals surface area contributed by atoms with Gasteiger partial charge in [-0.2, -0.15) is 0 Å². The molecule has 0 aliphatic heterocycles. The molecule has 2 nitrogen and oxygen atoms in total. The molecule has 0 unspecified atom stereocenters. The standard InChI is InChI=1S/C12H10BrClN2/c13-8-4-6-9(7-5-8)16-11-3-1-2-10(14)12(11)15/h1-7,16H,15H2. The first-order chi connectivity index (χ1) is 7.66. The van der Waals surface area contributed by atoms with E-state index in [2.05, 4.69) is 21.2 Å². The Balaban J connectivity index is 2.27. The molecule has 2 aromatic carbocycles. The van der Waals surface area contributed by atoms with Gasteiger partial charge < -0.3 is 11.1 Å². The molecule has 0 bridgehead atoms. The first kappa shape index (κ1) is 11.3. The highest BCUT2D eigenvalue weighted by Gasteiger charge is 2.02. The van der Waals surface area contributed by atoms with Crippen LogP contribution >= 0.6 is 27.5 Å². The summed E-state index contributed by atoms with van der Waals surface area (Å²) in [6, 6.07) is 13.4. The molecule has 16 heavy (non-hydrogen) atoms. The molecule has 0 amide bonds. The average molecular weight is 298 g/mol. The van der Waals surface area contributed by atoms with Gasteiger partial charge in [0, 0.05) is 10.2 Å². The largest absolute Gasteiger partial charge is 0.396 e. The Morgan fingerprint density at radius 3 is 2.44 bits per heavy atom. The molecule has 0 heterocycles. The van der Waals surface area contributed by atoms with E-state index >= 15 is 0 Å². The monoisotopic (exact) mass is 296 g/mol. The maximum Gasteiger partial charge on any atom is 0.0742 e. The van der Waals surface area contributed by atoms with Crippen LogP contribution in [0, 0.1) is 0 Å². The zero-order chi connectivity index (χ0) is 11.5. The van der Waals surface area contributed by atoms with Crippen molar-refractivity contribution in [2.45, 2.75) is 0 Å². The first-order valence-corrected chi connectivity index (χ1v) is 5.90. The second-order valence-corrected chi connectivity index (χ2v) is 4.66. The minimum absolute atomic E-state index is 0.558. The number of anilines is 3. The van der Waals surface area contributed by atoms with Crippen molar-refractivity contribution < 1.29 is 0 Å². The van der Waals surface area contributed by atoms with E-state index in [-0.39, 0.29) is 0 Å². The van der Waals surface area contributed by atoms with Crippen LogP contribution in [0.25, 0.3) is 0 Å². The van der Waals surface area contributed by atoms with E-state index in [0.29, 0.717) is 10.7 Å². The van der Waals surface area contributed by atoms with Crippen LogP contribution in [0.1, 0.15) is 0 Å². The number of halogens is 2. The van der Waals surface area contributed by atoms with Gasteiger partial charge >= 0.3 is 0 Å². The maximum absolute atomic E-state index is 5.93. The molecular weight excluding hydrogens is 288 g/mol. The quantitative estimate of drug-likeness (QED) is 0.805. The second-order valence-electron chi connectivity index (χ2n) is 3.33. The lowest BCUT2D eigenvalue weighted by molar-refractivity contribution is 1.53. The van der Waals surface area contributed by atoms with Crippen molar-refractivity contribution in [3.63, 3.8) is 0 Å². The Bertz CT molecular complexity index is 497. The van der Waals surface area contributed by atoms with Gasteiger partial charge in [0.1, 0.15) is 0 Å². The van der Waals surface area contributed by atoms with Gasteiger partial charge in [-0.25, -0.2) is 0 Å². The van der Waals surface area contributed by atoms with Gasteiger partial charge in [-0.15, -0.1) is 0 Å². The summed E-state index contributed by atoms with van der Waals surface area (Å²) in [5, 5.41) is 3.77. The molecule has 0 spiro atoms. The zero-order valence-corrected chi connectivity index (χ0v) is 10.7. The molecule has 0 aliphatic carbocycles. The van der Waals surface area contributed by atoms with Crippen molar-refractivity contribution in [3.8, 4) is 0 Å². The molecule has 2 rings (SSSR count). The summed E-state index contributed by atoms with van der Waals surface area (Å²) in [4.78, 5) is 0. The number of benzene rings is 2. The number of hydrogen-bond donors (Lipinski definition) is 2. The fourth-order valence-electron chi connectivity index (χ4n) is 1.33. The van der Waals surface area contributed by atoms with Gasteiger partial charge in [0.2, 0.25) is 0 Å². The van der Waals surface area contributed by atoms with Crippen LogP contribution in [0.4, 0.5) is 17.1 Å². The van der Waals surface area contributed by atoms with E-state index in [1.165, 1.54) is 0 Å². The van der Waals surface area contributed by atoms with E-state index in [0.717, 1.165) is 15.8 Å². The van der Waals surface area contributed by atoms with Gasteiger partial charge in [0.15, 0.2) is 0 Å². The van der Waals surface area contributed by atoms with E-state index in [1.54, 1.807) is 6.07 Å². The lowest BCUT2D eigenvalue weighted by Crippen LogP contribution is -1.96. The van der Waals surface area contributed by atoms with Crippen LogP contribution < -0.4 is 11.1 Å². The van der Waals surface area contributed by atoms with Gasteiger partial charge in [-0.05, 0) is 36.4 Å². The number of rotatable bonds is 2. The fourth-order valence-corrected chi connectivity index (χ4v) is 1.77. The average Bonchev–Trinajstić information content (AvgIpc) is 2.28. The lowest BCUT2D eigenvalue weighted by Gasteiger charge is -2.10. The number of hydrogen-bond acceptors (Lipinski definition) is 2. The summed E-state index contributed by atoms with van der Waals surface area (Å²) in [6.45, 7) is 0. The predicted molar refractivity (Wildman–Crippen MR) is 73.3 cm³/mol. The lowest BCUT2D eigenvalue weighted by atomic mass is 10.2. The van der Waals surface area contributed by atoms with Crippen molar-refractivity contribution in [2.24, 2.45) is 0 Å². The molecule has 0 fully saturated rings. The Morgan fingerprint density at radius 1 is 1.06 bits per heavy atom. The molecule has 4 heteroatoms. The molecule has 0 saturated heterocycles. The van der Waals surface area contributed by atoms with Crippen molar-refractivity contribution in [1.29, 1.82) is 0 Å². The Kier molecular flexibility index (Phi) is 3.36. The van der Waals surface area contributed by atoms with E-state index in [9.17, 15) is 0 Å². The van der Waals surface area contributed by atoms with Crippen LogP contribution in [0.2, 0.25) is 5.02 Å². The molecule has 0 aliphatic rings. The van der Waals surface area contributed by atoms with Gasteiger partial charge in [-0.1, -0.05) is 33.6 Å². The van der Waals surface area contributed by atoms with Crippen molar-refractivity contribution in [1.82, 2.24) is 0 Å². The SMILES string of the molecule is Nc1c(Cl)cccc1Nc1ccc(Br)cc1. The zero-order valence-electron chi connectivity index (χ0n) is 8.37. The Morgan fingerprint density at radius 2 is 1.75 bits per heavy atom. The van der Waals surface area contributed by atoms with Crippen molar-refractivity contribution in [3.05, 3.63) is 52.0 Å². The number of para-hydroxylation sites is 1. The fraction of sp³-hybridized carbons (Fsp3) is 0. The third-order valence-corrected chi connectivity index (χ3v) is 3.03. The van der Waals surface area contributed by atoms with Crippen molar-refractivity contribution >= 4 is 44.6 Å². The third kappa shape index (κ3) is 2.49. The molecule has 3 N–H and O–H groups in total. The van der Waals surface area contributed by atoms with E-state index in [4.69, 9.17) is 17.3 Å². The predicted octanol–water partition coefficient (Wildman–Crippen LogP) is 4.43. The normalized spacial score (nSPS) is 10.1. The highest BCUT2D eigenvalue weighted by molar-refractivity contribution is 9.10. The number of nitrogens with one attached hydrogen (secondary N) is 1. The summed E-state index contributed by atoms with van der Waals surface area (Å²) >= 11 is 9.32. The molecule has 0 radical (unpaired) electrons. The number of nitrogens with two attached hydrogens (primary N) is 1. The second kappa shape index (κ2) is 4.76. The highest BCUT2D eigenvalue weighted by atomic mass is 79.9. The maximum atomic E-state index is 5.93. The molecule has 0 aromatic heterocycles. The van der Waals surface area contributed by atoms with Crippen LogP contribution in [-0.2, 0) is 0 Å². The van der Waals surface area contributed by atoms with E-state index < -0.39 is 0 Å². The van der Waals surface area contributed by atoms with Crippen LogP contribution in [0.15, 0.2) is 46.9 Å². The Labute approximate surface area is 108 Å². The molecule has 82 valence electrons. The van der Waals surface area contributed by atoms with Crippen molar-refractivity contribution in [2.75, 3.05) is 11.1 Å². The molecule has 0 saturated carbocycles.